The summed E-state index contributed by atoms with van der Waals surface area (Å²) in [5.74, 6) is -3.13. The number of carbonyl (C=O) groups is 1. The molecule has 0 radical (unpaired) electrons. The molecule has 6 heteroatoms. The van der Waals surface area contributed by atoms with Crippen molar-refractivity contribution in [2.24, 2.45) is 0 Å². The highest BCUT2D eigenvalue weighted by Gasteiger charge is 2.09. The maximum Gasteiger partial charge on any atom is 0.335 e. The first kappa shape index (κ1) is 12.9. The molecule has 0 fully saturated rings. The summed E-state index contributed by atoms with van der Waals surface area (Å²) in [7, 11) is 0. The lowest BCUT2D eigenvalue weighted by atomic mass is 10.2. The maximum absolute atomic E-state index is 13.0. The molecule has 1 aromatic heterocycles. The van der Waals surface area contributed by atoms with Gasteiger partial charge in [-0.1, -0.05) is 0 Å². The number of hydrogen-bond donors (Lipinski definition) is 1. The Hall–Kier alpha value is -2.50. The Balaban J connectivity index is 2.32. The van der Waals surface area contributed by atoms with Crippen LogP contribution in [-0.4, -0.2) is 16.1 Å². The largest absolute Gasteiger partial charge is 0.478 e. The quantitative estimate of drug-likeness (QED) is 0.926. The lowest BCUT2D eigenvalue weighted by molar-refractivity contribution is 0.0696. The molecule has 0 bridgehead atoms. The molecule has 1 aromatic carbocycles. The fourth-order valence-electron chi connectivity index (χ4n) is 1.47. The topological polar surface area (TPSA) is 59.4 Å². The first-order valence-corrected chi connectivity index (χ1v) is 5.30. The number of aryl methyl sites for hydroxylation is 1. The highest BCUT2D eigenvalue weighted by atomic mass is 19.2. The molecule has 0 saturated carbocycles. The summed E-state index contributed by atoms with van der Waals surface area (Å²) >= 11 is 0. The fourth-order valence-corrected chi connectivity index (χ4v) is 1.47. The molecule has 0 amide bonds. The van der Waals surface area contributed by atoms with Crippen molar-refractivity contribution in [3.8, 4) is 11.6 Å². The van der Waals surface area contributed by atoms with Crippen LogP contribution in [0.4, 0.5) is 8.78 Å². The zero-order chi connectivity index (χ0) is 14.0. The summed E-state index contributed by atoms with van der Waals surface area (Å²) < 4.78 is 31.0. The molecule has 0 atom stereocenters. The third-order valence-electron chi connectivity index (χ3n) is 2.29. The van der Waals surface area contributed by atoms with E-state index in [1.165, 1.54) is 18.2 Å². The van der Waals surface area contributed by atoms with Gasteiger partial charge in [0.15, 0.2) is 11.6 Å². The second-order valence-electron chi connectivity index (χ2n) is 3.82. The van der Waals surface area contributed by atoms with Gasteiger partial charge in [-0.2, -0.15) is 0 Å². The van der Waals surface area contributed by atoms with E-state index in [9.17, 15) is 13.6 Å². The van der Waals surface area contributed by atoms with Crippen LogP contribution in [0.15, 0.2) is 30.3 Å². The summed E-state index contributed by atoms with van der Waals surface area (Å²) in [5.41, 5.74) is 0.447. The van der Waals surface area contributed by atoms with E-state index < -0.39 is 17.6 Å². The number of aromatic carboxylic acids is 1. The summed E-state index contributed by atoms with van der Waals surface area (Å²) in [5, 5.41) is 8.89. The second kappa shape index (κ2) is 5.01. The smallest absolute Gasteiger partial charge is 0.335 e. The number of aromatic nitrogens is 1. The summed E-state index contributed by atoms with van der Waals surface area (Å²) in [6, 6.07) is 5.58. The van der Waals surface area contributed by atoms with E-state index in [-0.39, 0.29) is 17.2 Å². The minimum Gasteiger partial charge on any atom is -0.478 e. The van der Waals surface area contributed by atoms with Gasteiger partial charge >= 0.3 is 5.97 Å². The normalized spacial score (nSPS) is 10.3. The van der Waals surface area contributed by atoms with Crippen molar-refractivity contribution in [2.45, 2.75) is 6.92 Å². The van der Waals surface area contributed by atoms with Gasteiger partial charge in [0.05, 0.1) is 5.56 Å². The van der Waals surface area contributed by atoms with Crippen LogP contribution in [0.3, 0.4) is 0 Å². The van der Waals surface area contributed by atoms with Crippen LogP contribution in [0.5, 0.6) is 11.6 Å². The summed E-state index contributed by atoms with van der Waals surface area (Å²) in [6.45, 7) is 1.60. The number of nitrogens with zero attached hydrogens (tertiary/aromatic N) is 1. The molecule has 4 nitrogen and oxygen atoms in total. The summed E-state index contributed by atoms with van der Waals surface area (Å²) in [6.07, 6.45) is 0. The molecular weight excluding hydrogens is 256 g/mol. The van der Waals surface area contributed by atoms with Crippen LogP contribution in [0.25, 0.3) is 0 Å². The van der Waals surface area contributed by atoms with Gasteiger partial charge in [0, 0.05) is 17.8 Å². The Bertz CT molecular complexity index is 644. The predicted octanol–water partition coefficient (Wildman–Crippen LogP) is 3.16. The molecule has 0 saturated heterocycles. The van der Waals surface area contributed by atoms with Crippen molar-refractivity contribution in [1.82, 2.24) is 4.98 Å². The van der Waals surface area contributed by atoms with Crippen molar-refractivity contribution in [1.29, 1.82) is 0 Å². The van der Waals surface area contributed by atoms with Crippen molar-refractivity contribution >= 4 is 5.97 Å². The van der Waals surface area contributed by atoms with Gasteiger partial charge in [-0.05, 0) is 25.1 Å². The molecule has 2 aromatic rings. The number of carboxylic acids is 1. The monoisotopic (exact) mass is 265 g/mol. The van der Waals surface area contributed by atoms with Crippen molar-refractivity contribution in [3.63, 3.8) is 0 Å². The summed E-state index contributed by atoms with van der Waals surface area (Å²) in [4.78, 5) is 14.8. The standard InChI is InChI=1S/C13H9F2NO3/c1-7-4-8(13(17)18)5-12(16-7)19-9-2-3-10(14)11(15)6-9/h2-6H,1H3,(H,17,18). The van der Waals surface area contributed by atoms with Crippen LogP contribution in [0.2, 0.25) is 0 Å². The molecule has 0 spiro atoms. The van der Waals surface area contributed by atoms with E-state index in [0.717, 1.165) is 12.1 Å². The lowest BCUT2D eigenvalue weighted by Crippen LogP contribution is -2.00. The van der Waals surface area contributed by atoms with Gasteiger partial charge < -0.3 is 9.84 Å². The highest BCUT2D eigenvalue weighted by Crippen LogP contribution is 2.22. The average Bonchev–Trinajstić information content (AvgIpc) is 2.33. The number of halogens is 2. The van der Waals surface area contributed by atoms with Gasteiger partial charge in [0.2, 0.25) is 5.88 Å². The van der Waals surface area contributed by atoms with Gasteiger partial charge in [-0.15, -0.1) is 0 Å². The number of carboxylic acid groups (broad SMARTS) is 1. The molecule has 0 aliphatic carbocycles. The van der Waals surface area contributed by atoms with E-state index in [0.29, 0.717) is 5.69 Å². The molecule has 0 aliphatic heterocycles. The SMILES string of the molecule is Cc1cc(C(=O)O)cc(Oc2ccc(F)c(F)c2)n1. The molecule has 0 unspecified atom stereocenters. The van der Waals surface area contributed by atoms with E-state index in [1.807, 2.05) is 0 Å². The van der Waals surface area contributed by atoms with Crippen molar-refractivity contribution in [2.75, 3.05) is 0 Å². The molecule has 0 aliphatic rings. The van der Waals surface area contributed by atoms with Crippen LogP contribution in [0.1, 0.15) is 16.1 Å². The predicted molar refractivity (Wildman–Crippen MR) is 62.4 cm³/mol. The second-order valence-corrected chi connectivity index (χ2v) is 3.82. The lowest BCUT2D eigenvalue weighted by Gasteiger charge is -2.07. The Morgan fingerprint density at radius 3 is 2.58 bits per heavy atom. The Kier molecular flexibility index (Phi) is 3.41. The Labute approximate surface area is 107 Å². The van der Waals surface area contributed by atoms with Crippen molar-refractivity contribution in [3.05, 3.63) is 53.2 Å². The zero-order valence-corrected chi connectivity index (χ0v) is 9.85. The molecule has 1 N–H and O–H groups in total. The van der Waals surface area contributed by atoms with Gasteiger partial charge in [-0.3, -0.25) is 0 Å². The van der Waals surface area contributed by atoms with Crippen LogP contribution in [0, 0.1) is 18.6 Å². The Morgan fingerprint density at radius 2 is 1.95 bits per heavy atom. The van der Waals surface area contributed by atoms with E-state index >= 15 is 0 Å². The van der Waals surface area contributed by atoms with Gasteiger partial charge in [0.1, 0.15) is 5.75 Å². The van der Waals surface area contributed by atoms with E-state index in [1.54, 1.807) is 6.92 Å². The number of benzene rings is 1. The molecular formula is C13H9F2NO3. The van der Waals surface area contributed by atoms with E-state index in [2.05, 4.69) is 4.98 Å². The third-order valence-corrected chi connectivity index (χ3v) is 2.29. The van der Waals surface area contributed by atoms with Crippen LogP contribution in [-0.2, 0) is 0 Å². The van der Waals surface area contributed by atoms with Crippen LogP contribution >= 0.6 is 0 Å². The Morgan fingerprint density at radius 1 is 1.21 bits per heavy atom. The third kappa shape index (κ3) is 3.04. The van der Waals surface area contributed by atoms with Crippen molar-refractivity contribution < 1.29 is 23.4 Å². The molecule has 2 rings (SSSR count). The first-order valence-electron chi connectivity index (χ1n) is 5.30. The number of hydrogen-bond acceptors (Lipinski definition) is 3. The molecule has 19 heavy (non-hydrogen) atoms. The highest BCUT2D eigenvalue weighted by molar-refractivity contribution is 5.88. The first-order chi connectivity index (χ1) is 8.95. The van der Waals surface area contributed by atoms with Crippen LogP contribution < -0.4 is 4.74 Å². The molecule has 1 heterocycles. The fraction of sp³-hybridized carbons (Fsp3) is 0.0769. The molecule has 98 valence electrons. The zero-order valence-electron chi connectivity index (χ0n) is 9.85. The maximum atomic E-state index is 13.0. The minimum absolute atomic E-state index is 0.00316. The number of ether oxygens (including phenoxy) is 1. The minimum atomic E-state index is -1.12. The van der Waals surface area contributed by atoms with Gasteiger partial charge in [0.25, 0.3) is 0 Å². The van der Waals surface area contributed by atoms with E-state index in [4.69, 9.17) is 9.84 Å². The average molecular weight is 265 g/mol. The van der Waals surface area contributed by atoms with Gasteiger partial charge in [-0.25, -0.2) is 18.6 Å². The number of rotatable bonds is 3. The number of pyridine rings is 1.